The van der Waals surface area contributed by atoms with Crippen molar-refractivity contribution >= 4 is 17.5 Å². The van der Waals surface area contributed by atoms with Crippen LogP contribution >= 0.6 is 11.8 Å². The Morgan fingerprint density at radius 3 is 2.65 bits per heavy atom. The number of aromatic nitrogens is 7. The highest BCUT2D eigenvalue weighted by atomic mass is 32.2. The number of methoxy groups -OCH3 is 1. The third-order valence-corrected chi connectivity index (χ3v) is 6.33. The molecule has 10 nitrogen and oxygen atoms in total. The Kier molecular flexibility index (Phi) is 4.95. The third-order valence-electron chi connectivity index (χ3n) is 5.40. The summed E-state index contributed by atoms with van der Waals surface area (Å²) in [6, 6.07) is 17.5. The molecule has 0 atom stereocenters. The van der Waals surface area contributed by atoms with Crippen LogP contribution in [0.1, 0.15) is 11.3 Å². The monoisotopic (exact) mass is 470 g/mol. The molecule has 2 aromatic carbocycles. The highest BCUT2D eigenvalue weighted by Crippen LogP contribution is 2.35. The second-order valence-electron chi connectivity index (χ2n) is 7.50. The van der Waals surface area contributed by atoms with Crippen molar-refractivity contribution in [1.29, 1.82) is 0 Å². The number of hydrogen-bond donors (Lipinski definition) is 0. The molecule has 6 rings (SSSR count). The number of fused-ring (bicyclic) bond motifs is 1. The first-order valence-electron chi connectivity index (χ1n) is 10.5. The Morgan fingerprint density at radius 2 is 1.85 bits per heavy atom. The highest BCUT2D eigenvalue weighted by Gasteiger charge is 2.28. The van der Waals surface area contributed by atoms with Gasteiger partial charge >= 0.3 is 0 Å². The van der Waals surface area contributed by atoms with E-state index in [0.717, 1.165) is 22.7 Å². The molecule has 0 unspecified atom stereocenters. The zero-order valence-electron chi connectivity index (χ0n) is 18.3. The summed E-state index contributed by atoms with van der Waals surface area (Å²) < 4.78 is 12.5. The second kappa shape index (κ2) is 8.27. The molecule has 1 aliphatic rings. The summed E-state index contributed by atoms with van der Waals surface area (Å²) in [6.45, 7) is 1.83. The SMILES string of the molecule is COc1ccc(C2=Nn3c(nnc3-c3c(-c4cnn(-c5ccccc5)n4)noc3C)SC2)cc1. The number of hydrogen-bond acceptors (Lipinski definition) is 9. The lowest BCUT2D eigenvalue weighted by Crippen LogP contribution is -2.14. The molecule has 0 radical (unpaired) electrons. The molecular formula is C23H18N8O2S. The van der Waals surface area contributed by atoms with Gasteiger partial charge in [-0.15, -0.1) is 15.3 Å². The van der Waals surface area contributed by atoms with Crippen molar-refractivity contribution in [1.82, 2.24) is 35.0 Å². The molecule has 168 valence electrons. The number of benzene rings is 2. The van der Waals surface area contributed by atoms with Gasteiger partial charge in [0.15, 0.2) is 5.82 Å². The van der Waals surface area contributed by atoms with Gasteiger partial charge in [-0.3, -0.25) is 0 Å². The van der Waals surface area contributed by atoms with E-state index in [-0.39, 0.29) is 0 Å². The predicted octanol–water partition coefficient (Wildman–Crippen LogP) is 3.86. The van der Waals surface area contributed by atoms with Crippen molar-refractivity contribution in [2.45, 2.75) is 12.1 Å². The maximum Gasteiger partial charge on any atom is 0.212 e. The number of nitrogens with zero attached hydrogens (tertiary/aromatic N) is 8. The average molecular weight is 471 g/mol. The Balaban J connectivity index is 1.41. The summed E-state index contributed by atoms with van der Waals surface area (Å²) in [6.07, 6.45) is 1.65. The molecule has 0 bridgehead atoms. The van der Waals surface area contributed by atoms with Crippen LogP contribution in [0.4, 0.5) is 0 Å². The zero-order chi connectivity index (χ0) is 23.1. The van der Waals surface area contributed by atoms with Gasteiger partial charge in [0.1, 0.15) is 22.9 Å². The van der Waals surface area contributed by atoms with Crippen LogP contribution in [-0.2, 0) is 0 Å². The van der Waals surface area contributed by atoms with E-state index in [1.54, 1.807) is 34.5 Å². The van der Waals surface area contributed by atoms with Gasteiger partial charge in [0, 0.05) is 5.75 Å². The normalized spacial score (nSPS) is 12.9. The lowest BCUT2D eigenvalue weighted by molar-refractivity contribution is 0.400. The van der Waals surface area contributed by atoms with Gasteiger partial charge in [0.05, 0.1) is 30.3 Å². The fourth-order valence-electron chi connectivity index (χ4n) is 3.68. The molecule has 0 spiro atoms. The van der Waals surface area contributed by atoms with E-state index in [9.17, 15) is 0 Å². The number of ether oxygens (including phenoxy) is 1. The van der Waals surface area contributed by atoms with E-state index in [2.05, 4.69) is 25.6 Å². The minimum Gasteiger partial charge on any atom is -0.497 e. The molecule has 3 aromatic heterocycles. The summed E-state index contributed by atoms with van der Waals surface area (Å²) in [4.78, 5) is 1.55. The van der Waals surface area contributed by atoms with E-state index < -0.39 is 0 Å². The summed E-state index contributed by atoms with van der Waals surface area (Å²) in [5.41, 5.74) is 4.54. The van der Waals surface area contributed by atoms with Crippen LogP contribution in [0.3, 0.4) is 0 Å². The van der Waals surface area contributed by atoms with Crippen molar-refractivity contribution in [3.63, 3.8) is 0 Å². The van der Waals surface area contributed by atoms with E-state index in [4.69, 9.17) is 14.4 Å². The first kappa shape index (κ1) is 20.4. The predicted molar refractivity (Wildman–Crippen MR) is 126 cm³/mol. The standard InChI is InChI=1S/C23H18N8O2S/c1-14-20(21(29-33-14)18-12-24-31(28-18)16-6-4-3-5-7-16)22-25-26-23-30(22)27-19(13-34-23)15-8-10-17(32-2)11-9-15/h3-12H,13H2,1-2H3. The molecule has 4 heterocycles. The molecule has 0 aliphatic carbocycles. The lowest BCUT2D eigenvalue weighted by Gasteiger charge is -2.14. The van der Waals surface area contributed by atoms with Crippen LogP contribution in [0, 0.1) is 6.92 Å². The van der Waals surface area contributed by atoms with Crippen LogP contribution in [0.15, 0.2) is 75.6 Å². The Hall–Kier alpha value is -4.25. The Morgan fingerprint density at radius 1 is 1.03 bits per heavy atom. The summed E-state index contributed by atoms with van der Waals surface area (Å²) >= 11 is 1.57. The quantitative estimate of drug-likeness (QED) is 0.381. The first-order chi connectivity index (χ1) is 16.7. The molecular weight excluding hydrogens is 452 g/mol. The van der Waals surface area contributed by atoms with Crippen molar-refractivity contribution in [3.8, 4) is 34.2 Å². The van der Waals surface area contributed by atoms with E-state index in [1.165, 1.54) is 0 Å². The lowest BCUT2D eigenvalue weighted by atomic mass is 10.1. The van der Waals surface area contributed by atoms with Crippen LogP contribution in [0.2, 0.25) is 0 Å². The smallest absolute Gasteiger partial charge is 0.212 e. The summed E-state index contributed by atoms with van der Waals surface area (Å²) in [5, 5.41) is 27.5. The average Bonchev–Trinajstić information content (AvgIpc) is 3.62. The maximum absolute atomic E-state index is 5.54. The molecule has 0 amide bonds. The van der Waals surface area contributed by atoms with Crippen molar-refractivity contribution in [2.24, 2.45) is 5.10 Å². The van der Waals surface area contributed by atoms with Gasteiger partial charge in [-0.25, -0.2) is 0 Å². The van der Waals surface area contributed by atoms with Crippen LogP contribution < -0.4 is 4.74 Å². The molecule has 0 fully saturated rings. The molecule has 0 N–H and O–H groups in total. The summed E-state index contributed by atoms with van der Waals surface area (Å²) in [7, 11) is 1.65. The van der Waals surface area contributed by atoms with Gasteiger partial charge in [-0.2, -0.15) is 19.7 Å². The van der Waals surface area contributed by atoms with E-state index in [1.807, 2.05) is 61.5 Å². The summed E-state index contributed by atoms with van der Waals surface area (Å²) in [5.74, 6) is 2.62. The van der Waals surface area contributed by atoms with Gasteiger partial charge in [-0.05, 0) is 48.9 Å². The van der Waals surface area contributed by atoms with Crippen molar-refractivity contribution in [3.05, 3.63) is 72.1 Å². The molecule has 0 saturated carbocycles. The first-order valence-corrected chi connectivity index (χ1v) is 11.4. The topological polar surface area (TPSA) is 109 Å². The maximum atomic E-state index is 5.54. The van der Waals surface area contributed by atoms with Gasteiger partial charge in [-0.1, -0.05) is 35.1 Å². The van der Waals surface area contributed by atoms with Crippen molar-refractivity contribution in [2.75, 3.05) is 12.9 Å². The Labute approximate surface area is 198 Å². The van der Waals surface area contributed by atoms with Crippen LogP contribution in [0.5, 0.6) is 5.75 Å². The minimum absolute atomic E-state index is 0.534. The molecule has 0 saturated heterocycles. The van der Waals surface area contributed by atoms with Gasteiger partial charge < -0.3 is 9.26 Å². The second-order valence-corrected chi connectivity index (χ2v) is 8.44. The molecule has 34 heavy (non-hydrogen) atoms. The Bertz CT molecular complexity index is 1500. The molecule has 1 aliphatic heterocycles. The van der Waals surface area contributed by atoms with E-state index >= 15 is 0 Å². The minimum atomic E-state index is 0.534. The molecule has 11 heteroatoms. The van der Waals surface area contributed by atoms with Gasteiger partial charge in [0.2, 0.25) is 5.16 Å². The fourth-order valence-corrected chi connectivity index (χ4v) is 4.51. The van der Waals surface area contributed by atoms with Gasteiger partial charge in [0.25, 0.3) is 0 Å². The highest BCUT2D eigenvalue weighted by molar-refractivity contribution is 7.99. The van der Waals surface area contributed by atoms with Crippen LogP contribution in [0.25, 0.3) is 28.5 Å². The largest absolute Gasteiger partial charge is 0.497 e. The number of aryl methyl sites for hydroxylation is 1. The van der Waals surface area contributed by atoms with E-state index in [0.29, 0.717) is 39.4 Å². The number of thioether (sulfide) groups is 1. The fraction of sp³-hybridized carbons (Fsp3) is 0.130. The van der Waals surface area contributed by atoms with Crippen LogP contribution in [-0.4, -0.2) is 53.6 Å². The van der Waals surface area contributed by atoms with Crippen molar-refractivity contribution < 1.29 is 9.26 Å². The zero-order valence-corrected chi connectivity index (χ0v) is 19.1. The number of rotatable bonds is 5. The third kappa shape index (κ3) is 3.46. The molecule has 5 aromatic rings. The number of para-hydroxylation sites is 1.